The highest BCUT2D eigenvalue weighted by atomic mass is 15.2. The molecule has 1 heterocycles. The molecule has 20 heavy (non-hydrogen) atoms. The number of nitrogens with two attached hydrogens (primary N) is 1. The lowest BCUT2D eigenvalue weighted by Gasteiger charge is -2.29. The number of anilines is 2. The molecule has 1 aliphatic heterocycles. The molecular weight excluding hydrogens is 244 g/mol. The third kappa shape index (κ3) is 1.58. The summed E-state index contributed by atoms with van der Waals surface area (Å²) < 4.78 is 0. The predicted octanol–water partition coefficient (Wildman–Crippen LogP) is 3.84. The summed E-state index contributed by atoms with van der Waals surface area (Å²) in [6.07, 6.45) is 5.20. The van der Waals surface area contributed by atoms with E-state index in [4.69, 9.17) is 5.73 Å². The fraction of sp³-hybridized carbons (Fsp3) is 0.111. The summed E-state index contributed by atoms with van der Waals surface area (Å²) in [7, 11) is 0. The monoisotopic (exact) mass is 260 g/mol. The van der Waals surface area contributed by atoms with Crippen LogP contribution >= 0.6 is 0 Å². The van der Waals surface area contributed by atoms with Gasteiger partial charge in [-0.15, -0.1) is 0 Å². The summed E-state index contributed by atoms with van der Waals surface area (Å²) in [5, 5.41) is 0. The van der Waals surface area contributed by atoms with Gasteiger partial charge >= 0.3 is 0 Å². The first-order chi connectivity index (χ1) is 9.84. The molecule has 98 valence electrons. The Bertz CT molecular complexity index is 713. The van der Waals surface area contributed by atoms with Crippen LogP contribution in [-0.2, 0) is 0 Å². The minimum atomic E-state index is 0.363. The molecule has 2 aromatic carbocycles. The minimum Gasteiger partial charge on any atom is -0.399 e. The Balaban J connectivity index is 1.92. The van der Waals surface area contributed by atoms with E-state index in [0.29, 0.717) is 6.04 Å². The predicted molar refractivity (Wildman–Crippen MR) is 83.7 cm³/mol. The smallest absolute Gasteiger partial charge is 0.0634 e. The Morgan fingerprint density at radius 3 is 2.55 bits per heavy atom. The van der Waals surface area contributed by atoms with E-state index in [1.807, 2.05) is 0 Å². The molecule has 4 rings (SSSR count). The van der Waals surface area contributed by atoms with E-state index in [0.717, 1.165) is 12.1 Å². The SMILES string of the molecule is NC1=CC[C@H]2C(=C1)c1ccccc1N2c1ccccc1. The molecule has 2 nitrogen and oxygen atoms in total. The summed E-state index contributed by atoms with van der Waals surface area (Å²) in [4.78, 5) is 2.42. The van der Waals surface area contributed by atoms with Gasteiger partial charge in [-0.05, 0) is 36.3 Å². The number of rotatable bonds is 1. The molecule has 2 N–H and O–H groups in total. The maximum Gasteiger partial charge on any atom is 0.0634 e. The van der Waals surface area contributed by atoms with Crippen LogP contribution in [0.5, 0.6) is 0 Å². The van der Waals surface area contributed by atoms with Crippen molar-refractivity contribution in [2.24, 2.45) is 5.73 Å². The lowest BCUT2D eigenvalue weighted by molar-refractivity contribution is 0.822. The van der Waals surface area contributed by atoms with Crippen molar-refractivity contribution in [2.75, 3.05) is 4.90 Å². The highest BCUT2D eigenvalue weighted by Gasteiger charge is 2.35. The quantitative estimate of drug-likeness (QED) is 0.844. The van der Waals surface area contributed by atoms with Crippen molar-refractivity contribution in [2.45, 2.75) is 12.5 Å². The molecule has 2 aromatic rings. The third-order valence-electron chi connectivity index (χ3n) is 4.08. The summed E-state index contributed by atoms with van der Waals surface area (Å²) in [5.41, 5.74) is 12.0. The molecule has 0 saturated heterocycles. The van der Waals surface area contributed by atoms with E-state index in [1.165, 1.54) is 22.5 Å². The Morgan fingerprint density at radius 1 is 0.950 bits per heavy atom. The highest BCUT2D eigenvalue weighted by molar-refractivity contribution is 5.93. The maximum atomic E-state index is 6.00. The average Bonchev–Trinajstić information content (AvgIpc) is 2.82. The molecule has 2 aliphatic rings. The standard InChI is InChI=1S/C18H16N2/c19-13-10-11-18-16(12-13)15-8-4-5-9-17(15)20(18)14-6-2-1-3-7-14/h1-10,12,18H,11,19H2/t18-/m0/s1. The second-order valence-electron chi connectivity index (χ2n) is 5.28. The Morgan fingerprint density at radius 2 is 1.70 bits per heavy atom. The third-order valence-corrected chi connectivity index (χ3v) is 4.08. The van der Waals surface area contributed by atoms with Crippen molar-refractivity contribution >= 4 is 16.9 Å². The zero-order chi connectivity index (χ0) is 13.5. The molecule has 1 atom stereocenters. The molecule has 2 heteroatoms. The van der Waals surface area contributed by atoms with Crippen LogP contribution in [0.4, 0.5) is 11.4 Å². The van der Waals surface area contributed by atoms with Gasteiger partial charge < -0.3 is 10.6 Å². The molecule has 0 radical (unpaired) electrons. The van der Waals surface area contributed by atoms with Crippen LogP contribution in [0, 0.1) is 0 Å². The molecular formula is C18H16N2. The molecule has 0 saturated carbocycles. The summed E-state index contributed by atoms with van der Waals surface area (Å²) >= 11 is 0. The molecule has 0 aromatic heterocycles. The number of hydrogen-bond donors (Lipinski definition) is 1. The molecule has 1 aliphatic carbocycles. The normalized spacial score (nSPS) is 20.0. The van der Waals surface area contributed by atoms with E-state index in [1.54, 1.807) is 0 Å². The van der Waals surface area contributed by atoms with Gasteiger partial charge in [-0.2, -0.15) is 0 Å². The van der Waals surface area contributed by atoms with E-state index < -0.39 is 0 Å². The van der Waals surface area contributed by atoms with Gasteiger partial charge in [0, 0.05) is 22.6 Å². The fourth-order valence-electron chi connectivity index (χ4n) is 3.21. The number of para-hydroxylation sites is 2. The van der Waals surface area contributed by atoms with Crippen molar-refractivity contribution < 1.29 is 0 Å². The molecule has 0 spiro atoms. The van der Waals surface area contributed by atoms with Crippen LogP contribution < -0.4 is 10.6 Å². The largest absolute Gasteiger partial charge is 0.399 e. The Kier molecular flexibility index (Phi) is 2.43. The number of nitrogens with zero attached hydrogens (tertiary/aromatic N) is 1. The van der Waals surface area contributed by atoms with Crippen molar-refractivity contribution in [1.82, 2.24) is 0 Å². The van der Waals surface area contributed by atoms with Crippen LogP contribution in [0.1, 0.15) is 12.0 Å². The summed E-state index contributed by atoms with van der Waals surface area (Å²) in [5.74, 6) is 0. The first kappa shape index (κ1) is 11.4. The molecule has 0 fully saturated rings. The van der Waals surface area contributed by atoms with Gasteiger partial charge in [-0.25, -0.2) is 0 Å². The molecule has 0 unspecified atom stereocenters. The van der Waals surface area contributed by atoms with Crippen molar-refractivity contribution in [3.05, 3.63) is 78.0 Å². The van der Waals surface area contributed by atoms with E-state index in [9.17, 15) is 0 Å². The Labute approximate surface area is 118 Å². The van der Waals surface area contributed by atoms with Crippen LogP contribution in [-0.4, -0.2) is 6.04 Å². The number of hydrogen-bond acceptors (Lipinski definition) is 2. The van der Waals surface area contributed by atoms with Gasteiger partial charge in [0.05, 0.1) is 6.04 Å². The van der Waals surface area contributed by atoms with E-state index >= 15 is 0 Å². The summed E-state index contributed by atoms with van der Waals surface area (Å²) in [6.45, 7) is 0. The topological polar surface area (TPSA) is 29.3 Å². The lowest BCUT2D eigenvalue weighted by Crippen LogP contribution is -2.28. The first-order valence-electron chi connectivity index (χ1n) is 6.95. The number of fused-ring (bicyclic) bond motifs is 3. The van der Waals surface area contributed by atoms with Crippen molar-refractivity contribution in [1.29, 1.82) is 0 Å². The first-order valence-corrected chi connectivity index (χ1v) is 6.95. The van der Waals surface area contributed by atoms with Crippen molar-refractivity contribution in [3.63, 3.8) is 0 Å². The second kappa shape index (κ2) is 4.27. The molecule has 0 bridgehead atoms. The van der Waals surface area contributed by atoms with Gasteiger partial charge in [0.15, 0.2) is 0 Å². The Hall–Kier alpha value is -2.48. The van der Waals surface area contributed by atoms with E-state index in [2.05, 4.69) is 71.6 Å². The van der Waals surface area contributed by atoms with Crippen LogP contribution in [0.3, 0.4) is 0 Å². The average molecular weight is 260 g/mol. The van der Waals surface area contributed by atoms with E-state index in [-0.39, 0.29) is 0 Å². The summed E-state index contributed by atoms with van der Waals surface area (Å²) in [6, 6.07) is 19.5. The zero-order valence-corrected chi connectivity index (χ0v) is 11.2. The van der Waals surface area contributed by atoms with Crippen LogP contribution in [0.15, 0.2) is 72.4 Å². The highest BCUT2D eigenvalue weighted by Crippen LogP contribution is 2.47. The number of benzene rings is 2. The lowest BCUT2D eigenvalue weighted by atomic mass is 9.94. The van der Waals surface area contributed by atoms with Gasteiger partial charge in [-0.1, -0.05) is 42.5 Å². The van der Waals surface area contributed by atoms with Gasteiger partial charge in [0.2, 0.25) is 0 Å². The second-order valence-corrected chi connectivity index (χ2v) is 5.28. The van der Waals surface area contributed by atoms with Gasteiger partial charge in [0.1, 0.15) is 0 Å². The molecule has 0 amide bonds. The van der Waals surface area contributed by atoms with Crippen LogP contribution in [0.25, 0.3) is 5.57 Å². The zero-order valence-electron chi connectivity index (χ0n) is 11.2. The minimum absolute atomic E-state index is 0.363. The van der Waals surface area contributed by atoms with Crippen LogP contribution in [0.2, 0.25) is 0 Å². The van der Waals surface area contributed by atoms with Crippen molar-refractivity contribution in [3.8, 4) is 0 Å². The fourth-order valence-corrected chi connectivity index (χ4v) is 3.21. The number of allylic oxidation sites excluding steroid dienone is 1. The van der Waals surface area contributed by atoms with Gasteiger partial charge in [-0.3, -0.25) is 0 Å². The maximum absolute atomic E-state index is 6.00. The van der Waals surface area contributed by atoms with Gasteiger partial charge in [0.25, 0.3) is 0 Å².